The fraction of sp³-hybridized carbons (Fsp3) is 0.706. The van der Waals surface area contributed by atoms with E-state index in [1.165, 1.54) is 11.1 Å². The number of fused-ring (bicyclic) bond motifs is 2. The van der Waals surface area contributed by atoms with Gasteiger partial charge in [0, 0.05) is 11.5 Å². The highest BCUT2D eigenvalue weighted by molar-refractivity contribution is 5.75. The summed E-state index contributed by atoms with van der Waals surface area (Å²) in [5.74, 6) is 0.0108. The van der Waals surface area contributed by atoms with Gasteiger partial charge in [0.2, 0.25) is 0 Å². The first-order valence-corrected chi connectivity index (χ1v) is 7.64. The number of carboxylic acids is 1. The van der Waals surface area contributed by atoms with Gasteiger partial charge in [0.25, 0.3) is 0 Å². The maximum Gasteiger partial charge on any atom is 0.321 e. The van der Waals surface area contributed by atoms with Gasteiger partial charge >= 0.3 is 5.97 Å². The average Bonchev–Trinajstić information content (AvgIpc) is 2.36. The molecule has 3 heteroatoms. The molecule has 20 heavy (non-hydrogen) atoms. The highest BCUT2D eigenvalue weighted by atomic mass is 16.4. The smallest absolute Gasteiger partial charge is 0.321 e. The topological polar surface area (TPSA) is 49.3 Å². The molecular formula is C17H27NO2. The highest BCUT2D eigenvalue weighted by Crippen LogP contribution is 2.43. The van der Waals surface area contributed by atoms with Gasteiger partial charge in [-0.05, 0) is 59.3 Å². The van der Waals surface area contributed by atoms with E-state index < -0.39 is 12.0 Å². The molecule has 112 valence electrons. The minimum atomic E-state index is -0.712. The molecule has 1 saturated heterocycles. The summed E-state index contributed by atoms with van der Waals surface area (Å²) in [5, 5.41) is 13.0. The molecule has 0 aromatic heterocycles. The molecule has 3 nitrogen and oxygen atoms in total. The Labute approximate surface area is 122 Å². The molecule has 2 aliphatic rings. The van der Waals surface area contributed by atoms with Crippen LogP contribution in [0.3, 0.4) is 0 Å². The molecule has 4 atom stereocenters. The standard InChI is InChI=1S/C17H27NO2/c1-11(2)6-5-9-17(4)13-8-7-12(3)14(10-13)15(18-17)16(19)20/h6-7,13-15,18H,5,8-10H2,1-4H3,(H,19,20). The normalized spacial score (nSPS) is 36.2. The van der Waals surface area contributed by atoms with Crippen LogP contribution in [0.1, 0.15) is 53.4 Å². The van der Waals surface area contributed by atoms with E-state index in [2.05, 4.69) is 45.2 Å². The van der Waals surface area contributed by atoms with Gasteiger partial charge in [-0.25, -0.2) is 0 Å². The first-order valence-electron chi connectivity index (χ1n) is 7.64. The van der Waals surface area contributed by atoms with Crippen LogP contribution >= 0.6 is 0 Å². The Kier molecular flexibility index (Phi) is 4.38. The molecule has 1 aliphatic carbocycles. The van der Waals surface area contributed by atoms with Crippen molar-refractivity contribution in [2.45, 2.75) is 65.0 Å². The summed E-state index contributed by atoms with van der Waals surface area (Å²) in [6, 6.07) is -0.431. The summed E-state index contributed by atoms with van der Waals surface area (Å²) >= 11 is 0. The van der Waals surface area contributed by atoms with Crippen LogP contribution in [0.2, 0.25) is 0 Å². The predicted octanol–water partition coefficient (Wildman–Crippen LogP) is 3.52. The van der Waals surface area contributed by atoms with Crippen molar-refractivity contribution in [3.63, 3.8) is 0 Å². The van der Waals surface area contributed by atoms with E-state index in [1.54, 1.807) is 0 Å². The van der Waals surface area contributed by atoms with Crippen LogP contribution < -0.4 is 5.32 Å². The molecule has 4 unspecified atom stereocenters. The van der Waals surface area contributed by atoms with E-state index in [0.717, 1.165) is 25.7 Å². The minimum Gasteiger partial charge on any atom is -0.480 e. The molecule has 1 fully saturated rings. The highest BCUT2D eigenvalue weighted by Gasteiger charge is 2.47. The molecule has 2 rings (SSSR count). The maximum absolute atomic E-state index is 11.6. The molecule has 1 heterocycles. The van der Waals surface area contributed by atoms with Gasteiger partial charge in [-0.1, -0.05) is 23.3 Å². The Morgan fingerprint density at radius 3 is 2.85 bits per heavy atom. The lowest BCUT2D eigenvalue weighted by Crippen LogP contribution is -2.63. The Bertz CT molecular complexity index is 448. The number of hydrogen-bond acceptors (Lipinski definition) is 2. The summed E-state index contributed by atoms with van der Waals surface area (Å²) in [7, 11) is 0. The third kappa shape index (κ3) is 2.98. The Balaban J connectivity index is 2.18. The predicted molar refractivity (Wildman–Crippen MR) is 81.6 cm³/mol. The molecule has 0 saturated carbocycles. The molecule has 0 spiro atoms. The molecule has 2 bridgehead atoms. The number of aliphatic carboxylic acids is 1. The second kappa shape index (κ2) is 5.72. The molecular weight excluding hydrogens is 250 g/mol. The summed E-state index contributed by atoms with van der Waals surface area (Å²) in [5.41, 5.74) is 2.51. The number of carboxylic acid groups (broad SMARTS) is 1. The lowest BCUT2D eigenvalue weighted by atomic mass is 9.64. The minimum absolute atomic E-state index is 0.0668. The van der Waals surface area contributed by atoms with Crippen LogP contribution in [0.25, 0.3) is 0 Å². The van der Waals surface area contributed by atoms with Crippen LogP contribution in [0.4, 0.5) is 0 Å². The fourth-order valence-corrected chi connectivity index (χ4v) is 3.73. The molecule has 2 N–H and O–H groups in total. The number of piperidine rings is 1. The van der Waals surface area contributed by atoms with Crippen molar-refractivity contribution in [3.05, 3.63) is 23.3 Å². The third-order valence-corrected chi connectivity index (χ3v) is 5.12. The summed E-state index contributed by atoms with van der Waals surface area (Å²) < 4.78 is 0. The first kappa shape index (κ1) is 15.3. The van der Waals surface area contributed by atoms with Crippen molar-refractivity contribution >= 4 is 5.97 Å². The maximum atomic E-state index is 11.6. The fourth-order valence-electron chi connectivity index (χ4n) is 3.73. The quantitative estimate of drug-likeness (QED) is 0.773. The lowest BCUT2D eigenvalue weighted by molar-refractivity contribution is -0.143. The molecule has 0 radical (unpaired) electrons. The first-order chi connectivity index (χ1) is 9.33. The van der Waals surface area contributed by atoms with Crippen molar-refractivity contribution in [1.82, 2.24) is 5.32 Å². The second-order valence-electron chi connectivity index (χ2n) is 6.92. The van der Waals surface area contributed by atoms with Gasteiger partial charge in [0.15, 0.2) is 0 Å². The van der Waals surface area contributed by atoms with E-state index in [4.69, 9.17) is 0 Å². The van der Waals surface area contributed by atoms with Crippen molar-refractivity contribution in [1.29, 1.82) is 0 Å². The Hall–Kier alpha value is -1.09. The number of carbonyl (C=O) groups is 1. The number of rotatable bonds is 4. The van der Waals surface area contributed by atoms with Gasteiger partial charge in [0.1, 0.15) is 6.04 Å². The van der Waals surface area contributed by atoms with Gasteiger partial charge < -0.3 is 5.11 Å². The Morgan fingerprint density at radius 1 is 1.55 bits per heavy atom. The molecule has 0 aromatic rings. The van der Waals surface area contributed by atoms with Gasteiger partial charge in [-0.2, -0.15) is 0 Å². The van der Waals surface area contributed by atoms with Crippen LogP contribution in [-0.4, -0.2) is 22.7 Å². The zero-order valence-corrected chi connectivity index (χ0v) is 13.1. The van der Waals surface area contributed by atoms with Crippen molar-refractivity contribution in [3.8, 4) is 0 Å². The van der Waals surface area contributed by atoms with Gasteiger partial charge in [-0.15, -0.1) is 0 Å². The van der Waals surface area contributed by atoms with Crippen LogP contribution in [-0.2, 0) is 4.79 Å². The number of hydrogen-bond donors (Lipinski definition) is 2. The Morgan fingerprint density at radius 2 is 2.25 bits per heavy atom. The van der Waals surface area contributed by atoms with E-state index in [9.17, 15) is 9.90 Å². The largest absolute Gasteiger partial charge is 0.480 e. The summed E-state index contributed by atoms with van der Waals surface area (Å²) in [6.07, 6.45) is 8.62. The van der Waals surface area contributed by atoms with Gasteiger partial charge in [0.05, 0.1) is 0 Å². The van der Waals surface area contributed by atoms with Crippen LogP contribution in [0.5, 0.6) is 0 Å². The second-order valence-corrected chi connectivity index (χ2v) is 6.92. The lowest BCUT2D eigenvalue weighted by Gasteiger charge is -2.50. The number of allylic oxidation sites excluding steroid dienone is 3. The molecule has 0 aromatic carbocycles. The van der Waals surface area contributed by atoms with E-state index >= 15 is 0 Å². The van der Waals surface area contributed by atoms with Crippen molar-refractivity contribution < 1.29 is 9.90 Å². The monoisotopic (exact) mass is 277 g/mol. The average molecular weight is 277 g/mol. The molecule has 1 aliphatic heterocycles. The van der Waals surface area contributed by atoms with Crippen LogP contribution in [0, 0.1) is 11.8 Å². The van der Waals surface area contributed by atoms with Gasteiger partial charge in [-0.3, -0.25) is 10.1 Å². The number of nitrogens with one attached hydrogen (secondary N) is 1. The van der Waals surface area contributed by atoms with Crippen LogP contribution in [0.15, 0.2) is 23.3 Å². The molecule has 0 amide bonds. The van der Waals surface area contributed by atoms with E-state index in [0.29, 0.717) is 5.92 Å². The zero-order valence-electron chi connectivity index (χ0n) is 13.1. The summed E-state index contributed by atoms with van der Waals surface area (Å²) in [4.78, 5) is 11.6. The van der Waals surface area contributed by atoms with E-state index in [1.807, 2.05) is 0 Å². The van der Waals surface area contributed by atoms with Crippen molar-refractivity contribution in [2.24, 2.45) is 11.8 Å². The van der Waals surface area contributed by atoms with E-state index in [-0.39, 0.29) is 11.5 Å². The van der Waals surface area contributed by atoms with Crippen molar-refractivity contribution in [2.75, 3.05) is 0 Å². The zero-order chi connectivity index (χ0) is 14.9. The summed E-state index contributed by atoms with van der Waals surface area (Å²) in [6.45, 7) is 8.50. The third-order valence-electron chi connectivity index (χ3n) is 5.12. The SMILES string of the molecule is CC(C)=CCCC1(C)NC(C(=O)O)C2CC1CC=C2C.